The van der Waals surface area contributed by atoms with Gasteiger partial charge in [0.25, 0.3) is 5.97 Å². The fraction of sp³-hybridized carbons (Fsp3) is 0.667. The van der Waals surface area contributed by atoms with Crippen LogP contribution in [0.5, 0.6) is 0 Å². The Morgan fingerprint density at radius 3 is 2.00 bits per heavy atom. The molecule has 0 aromatic heterocycles. The van der Waals surface area contributed by atoms with E-state index in [0.29, 0.717) is 0 Å². The molecule has 0 aromatic carbocycles. The van der Waals surface area contributed by atoms with Crippen molar-refractivity contribution in [1.82, 2.24) is 0 Å². The number of hydrogen-bond donors (Lipinski definition) is 0. The van der Waals surface area contributed by atoms with Crippen LogP contribution in [0, 0.1) is 6.04 Å². The summed E-state index contributed by atoms with van der Waals surface area (Å²) in [6, 6.07) is 1.98. The van der Waals surface area contributed by atoms with Gasteiger partial charge in [-0.15, -0.1) is 0 Å². The molecule has 0 saturated carbocycles. The van der Waals surface area contributed by atoms with Crippen molar-refractivity contribution in [3.63, 3.8) is 0 Å². The molecule has 0 bridgehead atoms. The topological polar surface area (TPSA) is 26.3 Å². The monoisotopic (exact) mass is 152 g/mol. The summed E-state index contributed by atoms with van der Waals surface area (Å²) in [4.78, 5) is 10.4. The van der Waals surface area contributed by atoms with Gasteiger partial charge in [-0.3, -0.25) is 10.8 Å². The standard InChI is InChI=1S/C6H13O2Si.Li/c1-5-9(3,4)8-6(2)7;/h5H,1-4H3;/q-1;+1. The Bertz CT molecular complexity index is 114. The van der Waals surface area contributed by atoms with Crippen molar-refractivity contribution in [2.24, 2.45) is 0 Å². The number of hydrogen-bond acceptors (Lipinski definition) is 2. The molecule has 4 heteroatoms. The van der Waals surface area contributed by atoms with Gasteiger partial charge in [-0.2, -0.15) is 6.92 Å². The van der Waals surface area contributed by atoms with E-state index in [9.17, 15) is 4.79 Å². The normalized spacial score (nSPS) is 10.0. The molecule has 10 heavy (non-hydrogen) atoms. The van der Waals surface area contributed by atoms with Gasteiger partial charge < -0.3 is 4.43 Å². The minimum absolute atomic E-state index is 0. The van der Waals surface area contributed by atoms with Gasteiger partial charge in [-0.1, -0.05) is 13.1 Å². The molecule has 0 rings (SSSR count). The molecule has 0 spiro atoms. The van der Waals surface area contributed by atoms with Crippen molar-refractivity contribution in [1.29, 1.82) is 0 Å². The van der Waals surface area contributed by atoms with E-state index in [0.717, 1.165) is 0 Å². The largest absolute Gasteiger partial charge is 1.00 e. The molecule has 0 amide bonds. The summed E-state index contributed by atoms with van der Waals surface area (Å²) in [5.41, 5.74) is 0. The Morgan fingerprint density at radius 2 is 1.90 bits per heavy atom. The smallest absolute Gasteiger partial charge is 0.551 e. The maximum atomic E-state index is 10.4. The Balaban J connectivity index is 0. The van der Waals surface area contributed by atoms with Crippen molar-refractivity contribution in [3.8, 4) is 0 Å². The molecule has 0 unspecified atom stereocenters. The second-order valence-electron chi connectivity index (χ2n) is 2.49. The van der Waals surface area contributed by atoms with Crippen molar-refractivity contribution < 1.29 is 28.1 Å². The summed E-state index contributed by atoms with van der Waals surface area (Å²) in [6.07, 6.45) is 0. The predicted molar refractivity (Wildman–Crippen MR) is 39.2 cm³/mol. The first kappa shape index (κ1) is 12.9. The molecule has 2 nitrogen and oxygen atoms in total. The summed E-state index contributed by atoms with van der Waals surface area (Å²) in [7, 11) is -1.71. The van der Waals surface area contributed by atoms with Crippen LogP contribution in [0.4, 0.5) is 0 Å². The summed E-state index contributed by atoms with van der Waals surface area (Å²) < 4.78 is 5.03. The van der Waals surface area contributed by atoms with Gasteiger partial charge in [0.1, 0.15) is 0 Å². The first-order chi connectivity index (χ1) is 3.98. The third kappa shape index (κ3) is 6.40. The Kier molecular flexibility index (Phi) is 6.46. The fourth-order valence-corrected chi connectivity index (χ4v) is 1.29. The van der Waals surface area contributed by atoms with Crippen molar-refractivity contribution in [2.45, 2.75) is 26.9 Å². The van der Waals surface area contributed by atoms with Gasteiger partial charge in [0.15, 0.2) is 0 Å². The number of carbonyl (C=O) groups is 1. The average Bonchev–Trinajstić information content (AvgIpc) is 1.63. The van der Waals surface area contributed by atoms with Crippen LogP contribution in [0.3, 0.4) is 0 Å². The quantitative estimate of drug-likeness (QED) is 0.356. The van der Waals surface area contributed by atoms with Crippen LogP contribution >= 0.6 is 0 Å². The van der Waals surface area contributed by atoms with Gasteiger partial charge in [0.05, 0.1) is 8.32 Å². The van der Waals surface area contributed by atoms with Gasteiger partial charge in [-0.25, -0.2) is 0 Å². The van der Waals surface area contributed by atoms with E-state index in [4.69, 9.17) is 4.43 Å². The van der Waals surface area contributed by atoms with E-state index >= 15 is 0 Å². The molecule has 0 aliphatic rings. The first-order valence-electron chi connectivity index (χ1n) is 2.98. The summed E-state index contributed by atoms with van der Waals surface area (Å²) in [5, 5.41) is 0. The molecule has 0 saturated heterocycles. The van der Waals surface area contributed by atoms with Crippen LogP contribution < -0.4 is 18.9 Å². The molecule has 0 aromatic rings. The molecule has 0 heterocycles. The molecule has 0 atom stereocenters. The first-order valence-corrected chi connectivity index (χ1v) is 5.96. The Hall–Kier alpha value is 0.284. The van der Waals surface area contributed by atoms with Crippen molar-refractivity contribution in [2.75, 3.05) is 0 Å². The van der Waals surface area contributed by atoms with Gasteiger partial charge in [0.2, 0.25) is 0 Å². The maximum absolute atomic E-state index is 10.4. The third-order valence-corrected chi connectivity index (χ3v) is 3.31. The number of rotatable bonds is 2. The van der Waals surface area contributed by atoms with Crippen molar-refractivity contribution in [3.05, 3.63) is 6.04 Å². The van der Waals surface area contributed by atoms with Crippen LogP contribution in [0.2, 0.25) is 13.1 Å². The van der Waals surface area contributed by atoms with E-state index in [-0.39, 0.29) is 24.8 Å². The summed E-state index contributed by atoms with van der Waals surface area (Å²) in [5.74, 6) is -0.176. The maximum Gasteiger partial charge on any atom is 1.00 e. The zero-order valence-electron chi connectivity index (χ0n) is 7.39. The third-order valence-electron chi connectivity index (χ3n) is 1.10. The molecule has 0 fully saturated rings. The van der Waals surface area contributed by atoms with Gasteiger partial charge in [0, 0.05) is 6.92 Å². The van der Waals surface area contributed by atoms with E-state index in [2.05, 4.69) is 0 Å². The second kappa shape index (κ2) is 5.00. The van der Waals surface area contributed by atoms with Gasteiger partial charge >= 0.3 is 18.9 Å². The minimum Gasteiger partial charge on any atom is -0.551 e. The van der Waals surface area contributed by atoms with E-state index in [1.165, 1.54) is 6.92 Å². The summed E-state index contributed by atoms with van der Waals surface area (Å²) in [6.45, 7) is 7.33. The van der Waals surface area contributed by atoms with Gasteiger partial charge in [-0.05, 0) is 0 Å². The van der Waals surface area contributed by atoms with Crippen LogP contribution in [0.1, 0.15) is 13.8 Å². The molecule has 0 radical (unpaired) electrons. The average molecular weight is 152 g/mol. The predicted octanol–water partition coefficient (Wildman–Crippen LogP) is -1.48. The van der Waals surface area contributed by atoms with Crippen LogP contribution in [-0.2, 0) is 9.22 Å². The van der Waals surface area contributed by atoms with E-state index < -0.39 is 8.32 Å². The van der Waals surface area contributed by atoms with Crippen LogP contribution in [0.15, 0.2) is 0 Å². The Labute approximate surface area is 75.6 Å². The molecular weight excluding hydrogens is 139 g/mol. The molecule has 0 N–H and O–H groups in total. The zero-order valence-corrected chi connectivity index (χ0v) is 8.39. The van der Waals surface area contributed by atoms with Crippen LogP contribution in [0.25, 0.3) is 0 Å². The van der Waals surface area contributed by atoms with Crippen molar-refractivity contribution >= 4 is 14.3 Å². The second-order valence-corrected chi connectivity index (χ2v) is 6.47. The van der Waals surface area contributed by atoms with E-state index in [1.807, 2.05) is 26.1 Å². The number of carbonyl (C=O) groups excluding carboxylic acids is 1. The summed E-state index contributed by atoms with van der Waals surface area (Å²) >= 11 is 0. The fourth-order valence-electron chi connectivity index (χ4n) is 0.429. The van der Waals surface area contributed by atoms with Crippen LogP contribution in [-0.4, -0.2) is 14.3 Å². The minimum atomic E-state index is -1.71. The molecular formula is C6H13LiO2Si. The Morgan fingerprint density at radius 1 is 1.50 bits per heavy atom. The van der Waals surface area contributed by atoms with E-state index in [1.54, 1.807) is 0 Å². The molecule has 0 aliphatic heterocycles. The molecule has 0 aliphatic carbocycles. The molecule has 54 valence electrons. The SMILES string of the molecule is C[CH-][Si](C)(C)OC(C)=O.[Li+]. The zero-order chi connectivity index (χ0) is 7.49.